The molecule has 0 radical (unpaired) electrons. The molecule has 0 saturated heterocycles. The number of hydrogen-bond acceptors (Lipinski definition) is 3. The summed E-state index contributed by atoms with van der Waals surface area (Å²) in [7, 11) is 0. The van der Waals surface area contributed by atoms with Crippen molar-refractivity contribution in [1.82, 2.24) is 5.32 Å². The Balaban J connectivity index is 2.44. The molecule has 5 heteroatoms. The van der Waals surface area contributed by atoms with Crippen molar-refractivity contribution in [3.05, 3.63) is 45.4 Å². The second-order valence-corrected chi connectivity index (χ2v) is 5.69. The van der Waals surface area contributed by atoms with Crippen LogP contribution in [0.5, 0.6) is 0 Å². The zero-order chi connectivity index (χ0) is 14.3. The Labute approximate surface area is 128 Å². The highest BCUT2D eigenvalue weighted by Gasteiger charge is 2.10. The first kappa shape index (κ1) is 16.7. The number of rotatable bonds is 8. The number of hydrogen-bond donors (Lipinski definition) is 2. The van der Waals surface area contributed by atoms with Crippen LogP contribution in [0.15, 0.2) is 34.8 Å². The molecular formula is C14H20BrClN2O. The summed E-state index contributed by atoms with van der Waals surface area (Å²) in [6, 6.07) is 5.94. The first-order valence-electron chi connectivity index (χ1n) is 6.15. The first-order valence-corrected chi connectivity index (χ1v) is 7.32. The van der Waals surface area contributed by atoms with Gasteiger partial charge in [0.2, 0.25) is 0 Å². The van der Waals surface area contributed by atoms with E-state index < -0.39 is 0 Å². The number of nitrogens with two attached hydrogens (primary N) is 1. The fourth-order valence-electron chi connectivity index (χ4n) is 1.62. The molecular weight excluding hydrogens is 328 g/mol. The molecule has 3 N–H and O–H groups in total. The molecule has 1 atom stereocenters. The van der Waals surface area contributed by atoms with E-state index in [0.29, 0.717) is 24.8 Å². The van der Waals surface area contributed by atoms with Gasteiger partial charge in [0.15, 0.2) is 0 Å². The lowest BCUT2D eigenvalue weighted by Gasteiger charge is -2.18. The summed E-state index contributed by atoms with van der Waals surface area (Å²) in [5.74, 6) is 0. The summed E-state index contributed by atoms with van der Waals surface area (Å²) in [5, 5.41) is 4.04. The average Bonchev–Trinajstić information content (AvgIpc) is 2.37. The van der Waals surface area contributed by atoms with E-state index >= 15 is 0 Å². The molecule has 0 bridgehead atoms. The lowest BCUT2D eigenvalue weighted by Crippen LogP contribution is -2.31. The predicted molar refractivity (Wildman–Crippen MR) is 84.6 cm³/mol. The molecule has 1 unspecified atom stereocenters. The van der Waals surface area contributed by atoms with Crippen LogP contribution in [0.25, 0.3) is 0 Å². The summed E-state index contributed by atoms with van der Waals surface area (Å²) in [4.78, 5) is 0. The van der Waals surface area contributed by atoms with Gasteiger partial charge >= 0.3 is 0 Å². The Morgan fingerprint density at radius 1 is 1.58 bits per heavy atom. The molecule has 0 fully saturated rings. The standard InChI is InChI=1S/C14H20BrClN2O/c1-10(2)9-19-6-5-18-14(8-17)11-3-4-12(15)13(16)7-11/h3-4,7,14,18H,1,5-6,8-9,17H2,2H3. The van der Waals surface area contributed by atoms with Crippen molar-refractivity contribution in [2.75, 3.05) is 26.3 Å². The van der Waals surface area contributed by atoms with Gasteiger partial charge in [-0.1, -0.05) is 29.8 Å². The minimum atomic E-state index is 0.0824. The largest absolute Gasteiger partial charge is 0.376 e. The molecule has 0 aromatic heterocycles. The van der Waals surface area contributed by atoms with Crippen LogP contribution in [-0.4, -0.2) is 26.3 Å². The third-order valence-electron chi connectivity index (χ3n) is 2.57. The number of ether oxygens (including phenoxy) is 1. The van der Waals surface area contributed by atoms with E-state index in [0.717, 1.165) is 22.2 Å². The minimum Gasteiger partial charge on any atom is -0.376 e. The number of nitrogens with one attached hydrogen (secondary N) is 1. The van der Waals surface area contributed by atoms with E-state index in [1.165, 1.54) is 0 Å². The highest BCUT2D eigenvalue weighted by atomic mass is 79.9. The molecule has 1 rings (SSSR count). The van der Waals surface area contributed by atoms with E-state index in [4.69, 9.17) is 22.1 Å². The topological polar surface area (TPSA) is 47.3 Å². The normalized spacial score (nSPS) is 12.4. The van der Waals surface area contributed by atoms with Crippen molar-refractivity contribution in [1.29, 1.82) is 0 Å². The summed E-state index contributed by atoms with van der Waals surface area (Å²) in [5.41, 5.74) is 7.89. The number of halogens is 2. The minimum absolute atomic E-state index is 0.0824. The smallest absolute Gasteiger partial charge is 0.0672 e. The molecule has 0 amide bonds. The van der Waals surface area contributed by atoms with Gasteiger partial charge < -0.3 is 15.8 Å². The van der Waals surface area contributed by atoms with Gasteiger partial charge in [-0.25, -0.2) is 0 Å². The van der Waals surface area contributed by atoms with Crippen molar-refractivity contribution in [3.63, 3.8) is 0 Å². The SMILES string of the molecule is C=C(C)COCCNC(CN)c1ccc(Br)c(Cl)c1. The Hall–Kier alpha value is -0.390. The molecule has 0 aliphatic heterocycles. The Morgan fingerprint density at radius 2 is 2.32 bits per heavy atom. The maximum atomic E-state index is 6.08. The number of benzene rings is 1. The van der Waals surface area contributed by atoms with Crippen LogP contribution in [0.4, 0.5) is 0 Å². The summed E-state index contributed by atoms with van der Waals surface area (Å²) < 4.78 is 6.32. The highest BCUT2D eigenvalue weighted by Crippen LogP contribution is 2.25. The van der Waals surface area contributed by atoms with Gasteiger partial charge in [-0.3, -0.25) is 0 Å². The first-order chi connectivity index (χ1) is 9.04. The van der Waals surface area contributed by atoms with Gasteiger partial charge in [0.05, 0.1) is 18.2 Å². The molecule has 106 valence electrons. The molecule has 0 spiro atoms. The van der Waals surface area contributed by atoms with Gasteiger partial charge in [0.25, 0.3) is 0 Å². The summed E-state index contributed by atoms with van der Waals surface area (Å²) in [6.07, 6.45) is 0. The van der Waals surface area contributed by atoms with Gasteiger partial charge in [-0.05, 0) is 40.5 Å². The second-order valence-electron chi connectivity index (χ2n) is 4.43. The van der Waals surface area contributed by atoms with E-state index in [2.05, 4.69) is 27.8 Å². The third kappa shape index (κ3) is 6.06. The Kier molecular flexibility index (Phi) is 7.64. The maximum absolute atomic E-state index is 6.08. The summed E-state index contributed by atoms with van der Waals surface area (Å²) in [6.45, 7) is 8.21. The molecule has 1 aromatic carbocycles. The van der Waals surface area contributed by atoms with E-state index in [1.54, 1.807) is 0 Å². The lowest BCUT2D eigenvalue weighted by molar-refractivity contribution is 0.155. The fourth-order valence-corrected chi connectivity index (χ4v) is 2.05. The van der Waals surface area contributed by atoms with Crippen molar-refractivity contribution in [2.45, 2.75) is 13.0 Å². The van der Waals surface area contributed by atoms with Crippen molar-refractivity contribution >= 4 is 27.5 Å². The third-order valence-corrected chi connectivity index (χ3v) is 3.80. The van der Waals surface area contributed by atoms with Crippen LogP contribution >= 0.6 is 27.5 Å². The molecule has 0 aliphatic rings. The molecule has 0 saturated carbocycles. The molecule has 3 nitrogen and oxygen atoms in total. The van der Waals surface area contributed by atoms with Crippen molar-refractivity contribution in [2.24, 2.45) is 5.73 Å². The predicted octanol–water partition coefficient (Wildman–Crippen LogP) is 3.28. The van der Waals surface area contributed by atoms with Gasteiger partial charge in [0.1, 0.15) is 0 Å². The van der Waals surface area contributed by atoms with Crippen LogP contribution in [0.3, 0.4) is 0 Å². The Morgan fingerprint density at radius 3 is 2.89 bits per heavy atom. The molecule has 1 aromatic rings. The van der Waals surface area contributed by atoms with Gasteiger partial charge in [-0.15, -0.1) is 0 Å². The van der Waals surface area contributed by atoms with Gasteiger partial charge in [-0.2, -0.15) is 0 Å². The van der Waals surface area contributed by atoms with Crippen LogP contribution in [-0.2, 0) is 4.74 Å². The van der Waals surface area contributed by atoms with E-state index in [9.17, 15) is 0 Å². The summed E-state index contributed by atoms with van der Waals surface area (Å²) >= 11 is 9.46. The van der Waals surface area contributed by atoms with Crippen LogP contribution in [0.2, 0.25) is 5.02 Å². The maximum Gasteiger partial charge on any atom is 0.0672 e. The molecule has 0 heterocycles. The average molecular weight is 348 g/mol. The monoisotopic (exact) mass is 346 g/mol. The quantitative estimate of drug-likeness (QED) is 0.560. The van der Waals surface area contributed by atoms with Crippen LogP contribution in [0.1, 0.15) is 18.5 Å². The van der Waals surface area contributed by atoms with Crippen molar-refractivity contribution in [3.8, 4) is 0 Å². The second kappa shape index (κ2) is 8.72. The Bertz CT molecular complexity index is 426. The van der Waals surface area contributed by atoms with Crippen molar-refractivity contribution < 1.29 is 4.74 Å². The van der Waals surface area contributed by atoms with E-state index in [1.807, 2.05) is 25.1 Å². The van der Waals surface area contributed by atoms with E-state index in [-0.39, 0.29) is 6.04 Å². The zero-order valence-electron chi connectivity index (χ0n) is 11.1. The van der Waals surface area contributed by atoms with Crippen LogP contribution in [0, 0.1) is 0 Å². The van der Waals surface area contributed by atoms with Gasteiger partial charge in [0, 0.05) is 23.6 Å². The highest BCUT2D eigenvalue weighted by molar-refractivity contribution is 9.10. The molecule has 0 aliphatic carbocycles. The zero-order valence-corrected chi connectivity index (χ0v) is 13.4. The lowest BCUT2D eigenvalue weighted by atomic mass is 10.1. The fraction of sp³-hybridized carbons (Fsp3) is 0.429. The molecule has 19 heavy (non-hydrogen) atoms. The van der Waals surface area contributed by atoms with Crippen LogP contribution < -0.4 is 11.1 Å².